The van der Waals surface area contributed by atoms with Gasteiger partial charge in [-0.25, -0.2) is 4.79 Å². The first-order chi connectivity index (χ1) is 14.0. The lowest BCUT2D eigenvalue weighted by Crippen LogP contribution is -2.36. The van der Waals surface area contributed by atoms with Crippen LogP contribution in [0.25, 0.3) is 0 Å². The SMILES string of the molecule is C[C@@H](OC(=O)c1cc(N2CCOCC2)ccc1[N+](=O)[O-])C(=O)NCc1cccs1. The average molecular weight is 419 g/mol. The van der Waals surface area contributed by atoms with E-state index in [0.717, 1.165) is 4.88 Å². The number of carbonyl (C=O) groups is 2. The lowest BCUT2D eigenvalue weighted by atomic mass is 10.1. The van der Waals surface area contributed by atoms with Gasteiger partial charge in [0, 0.05) is 29.7 Å². The van der Waals surface area contributed by atoms with Crippen molar-refractivity contribution in [3.05, 3.63) is 56.3 Å². The van der Waals surface area contributed by atoms with Crippen molar-refractivity contribution in [2.75, 3.05) is 31.2 Å². The highest BCUT2D eigenvalue weighted by Crippen LogP contribution is 2.26. The minimum Gasteiger partial charge on any atom is -0.449 e. The van der Waals surface area contributed by atoms with Gasteiger partial charge >= 0.3 is 5.97 Å². The van der Waals surface area contributed by atoms with E-state index in [-0.39, 0.29) is 11.3 Å². The van der Waals surface area contributed by atoms with E-state index in [4.69, 9.17) is 9.47 Å². The molecule has 1 aliphatic rings. The van der Waals surface area contributed by atoms with Crippen LogP contribution in [0.15, 0.2) is 35.7 Å². The van der Waals surface area contributed by atoms with Crippen LogP contribution >= 0.6 is 11.3 Å². The number of nitrogens with one attached hydrogen (secondary N) is 1. The maximum atomic E-state index is 12.6. The molecule has 1 atom stereocenters. The van der Waals surface area contributed by atoms with E-state index >= 15 is 0 Å². The van der Waals surface area contributed by atoms with Gasteiger partial charge in [-0.3, -0.25) is 14.9 Å². The molecule has 0 saturated carbocycles. The minimum atomic E-state index is -1.09. The minimum absolute atomic E-state index is 0.183. The number of hydrogen-bond acceptors (Lipinski definition) is 8. The highest BCUT2D eigenvalue weighted by atomic mass is 32.1. The molecule has 2 heterocycles. The van der Waals surface area contributed by atoms with Gasteiger partial charge in [-0.15, -0.1) is 11.3 Å². The number of nitro groups is 1. The van der Waals surface area contributed by atoms with E-state index in [0.29, 0.717) is 38.5 Å². The van der Waals surface area contributed by atoms with Crippen molar-refractivity contribution in [1.82, 2.24) is 5.32 Å². The predicted molar refractivity (Wildman–Crippen MR) is 107 cm³/mol. The number of benzene rings is 1. The number of carbonyl (C=O) groups excluding carboxylic acids is 2. The summed E-state index contributed by atoms with van der Waals surface area (Å²) in [5.41, 5.74) is 0.121. The van der Waals surface area contributed by atoms with Crippen LogP contribution in [0.3, 0.4) is 0 Å². The highest BCUT2D eigenvalue weighted by Gasteiger charge is 2.27. The molecule has 9 nitrogen and oxygen atoms in total. The molecule has 1 aromatic heterocycles. The second-order valence-corrected chi connectivity index (χ2v) is 7.43. The molecule has 29 heavy (non-hydrogen) atoms. The number of amides is 1. The molecule has 0 aliphatic carbocycles. The zero-order chi connectivity index (χ0) is 20.8. The van der Waals surface area contributed by atoms with Gasteiger partial charge in [0.25, 0.3) is 11.6 Å². The molecule has 1 amide bonds. The third-order valence-electron chi connectivity index (χ3n) is 4.44. The standard InChI is InChI=1S/C19H21N3O6S/c1-13(18(23)20-12-15-3-2-10-29-15)28-19(24)16-11-14(4-5-17(16)22(25)26)21-6-8-27-9-7-21/h2-5,10-11,13H,6-9,12H2,1H3,(H,20,23)/t13-/m1/s1. The van der Waals surface area contributed by atoms with Gasteiger partial charge in [0.05, 0.1) is 24.7 Å². The van der Waals surface area contributed by atoms with Crippen LogP contribution in [0, 0.1) is 10.1 Å². The molecule has 0 spiro atoms. The molecule has 0 unspecified atom stereocenters. The molecule has 1 N–H and O–H groups in total. The predicted octanol–water partition coefficient (Wildman–Crippen LogP) is 2.35. The topological polar surface area (TPSA) is 111 Å². The normalized spacial score (nSPS) is 14.9. The van der Waals surface area contributed by atoms with Crippen molar-refractivity contribution in [1.29, 1.82) is 0 Å². The smallest absolute Gasteiger partial charge is 0.346 e. The number of esters is 1. The summed E-state index contributed by atoms with van der Waals surface area (Å²) in [5, 5.41) is 15.9. The lowest BCUT2D eigenvalue weighted by Gasteiger charge is -2.29. The van der Waals surface area contributed by atoms with Crippen molar-refractivity contribution in [3.8, 4) is 0 Å². The summed E-state index contributed by atoms with van der Waals surface area (Å²) >= 11 is 1.50. The van der Waals surface area contributed by atoms with Gasteiger partial charge in [-0.05, 0) is 30.5 Å². The first kappa shape index (κ1) is 20.7. The van der Waals surface area contributed by atoms with Gasteiger partial charge in [-0.1, -0.05) is 6.07 Å². The van der Waals surface area contributed by atoms with Crippen LogP contribution in [0.1, 0.15) is 22.2 Å². The van der Waals surface area contributed by atoms with E-state index < -0.39 is 22.9 Å². The molecule has 10 heteroatoms. The third-order valence-corrected chi connectivity index (χ3v) is 5.32. The Hall–Kier alpha value is -2.98. The molecule has 3 rings (SSSR count). The first-order valence-electron chi connectivity index (χ1n) is 9.08. The first-order valence-corrected chi connectivity index (χ1v) is 9.96. The maximum absolute atomic E-state index is 12.6. The van der Waals surface area contributed by atoms with E-state index in [1.54, 1.807) is 6.07 Å². The van der Waals surface area contributed by atoms with Crippen molar-refractivity contribution in [2.45, 2.75) is 19.6 Å². The molecule has 0 bridgehead atoms. The second-order valence-electron chi connectivity index (χ2n) is 6.40. The van der Waals surface area contributed by atoms with Crippen LogP contribution in [-0.2, 0) is 20.8 Å². The van der Waals surface area contributed by atoms with E-state index in [1.165, 1.54) is 30.4 Å². The number of rotatable bonds is 7. The summed E-state index contributed by atoms with van der Waals surface area (Å²) in [6, 6.07) is 8.06. The monoisotopic (exact) mass is 419 g/mol. The molecule has 154 valence electrons. The van der Waals surface area contributed by atoms with Crippen LogP contribution in [0.2, 0.25) is 0 Å². The summed E-state index contributed by atoms with van der Waals surface area (Å²) in [7, 11) is 0. The lowest BCUT2D eigenvalue weighted by molar-refractivity contribution is -0.385. The second kappa shape index (κ2) is 9.48. The van der Waals surface area contributed by atoms with Crippen molar-refractivity contribution in [2.24, 2.45) is 0 Å². The van der Waals surface area contributed by atoms with Crippen LogP contribution < -0.4 is 10.2 Å². The molecule has 2 aromatic rings. The van der Waals surface area contributed by atoms with Gasteiger partial charge in [0.1, 0.15) is 5.56 Å². The summed E-state index contributed by atoms with van der Waals surface area (Å²) in [6.07, 6.45) is -1.09. The van der Waals surface area contributed by atoms with Crippen LogP contribution in [0.5, 0.6) is 0 Å². The fourth-order valence-electron chi connectivity index (χ4n) is 2.87. The number of nitro benzene ring substituents is 1. The Morgan fingerprint density at radius 1 is 1.34 bits per heavy atom. The Bertz CT molecular complexity index is 880. The Morgan fingerprint density at radius 2 is 2.10 bits per heavy atom. The van der Waals surface area contributed by atoms with Crippen molar-refractivity contribution in [3.63, 3.8) is 0 Å². The van der Waals surface area contributed by atoms with E-state index in [1.807, 2.05) is 22.4 Å². The van der Waals surface area contributed by atoms with E-state index in [9.17, 15) is 19.7 Å². The number of thiophene rings is 1. The summed E-state index contributed by atoms with van der Waals surface area (Å²) in [4.78, 5) is 38.5. The summed E-state index contributed by atoms with van der Waals surface area (Å²) < 4.78 is 10.5. The van der Waals surface area contributed by atoms with Gasteiger partial charge < -0.3 is 19.7 Å². The molecule has 1 aromatic carbocycles. The molecular formula is C19H21N3O6S. The molecule has 1 aliphatic heterocycles. The van der Waals surface area contributed by atoms with Crippen molar-refractivity contribution < 1.29 is 24.0 Å². The Morgan fingerprint density at radius 3 is 2.76 bits per heavy atom. The zero-order valence-corrected chi connectivity index (χ0v) is 16.6. The van der Waals surface area contributed by atoms with E-state index in [2.05, 4.69) is 5.32 Å². The van der Waals surface area contributed by atoms with Crippen molar-refractivity contribution >= 4 is 34.6 Å². The number of morpholine rings is 1. The third kappa shape index (κ3) is 5.30. The summed E-state index contributed by atoms with van der Waals surface area (Å²) in [5.74, 6) is -1.38. The molecule has 1 fully saturated rings. The number of ether oxygens (including phenoxy) is 2. The van der Waals surface area contributed by atoms with Crippen LogP contribution in [-0.4, -0.2) is 49.2 Å². The number of nitrogens with zero attached hydrogens (tertiary/aromatic N) is 2. The Labute approximate surface area is 171 Å². The maximum Gasteiger partial charge on any atom is 0.346 e. The molecule has 0 radical (unpaired) electrons. The average Bonchev–Trinajstić information content (AvgIpc) is 3.25. The zero-order valence-electron chi connectivity index (χ0n) is 15.8. The van der Waals surface area contributed by atoms with Gasteiger partial charge in [0.2, 0.25) is 0 Å². The molecule has 1 saturated heterocycles. The largest absolute Gasteiger partial charge is 0.449 e. The highest BCUT2D eigenvalue weighted by molar-refractivity contribution is 7.09. The Kier molecular flexibility index (Phi) is 6.78. The fraction of sp³-hybridized carbons (Fsp3) is 0.368. The molecular weight excluding hydrogens is 398 g/mol. The van der Waals surface area contributed by atoms with Gasteiger partial charge in [-0.2, -0.15) is 0 Å². The van der Waals surface area contributed by atoms with Gasteiger partial charge in [0.15, 0.2) is 6.10 Å². The van der Waals surface area contributed by atoms with Crippen LogP contribution in [0.4, 0.5) is 11.4 Å². The summed E-state index contributed by atoms with van der Waals surface area (Å²) in [6.45, 7) is 4.07. The number of anilines is 1. The fourth-order valence-corrected chi connectivity index (χ4v) is 3.52. The Balaban J connectivity index is 1.70. The quantitative estimate of drug-likeness (QED) is 0.417. The number of hydrogen-bond donors (Lipinski definition) is 1.